The normalized spacial score (nSPS) is 13.3. The Morgan fingerprint density at radius 1 is 1.25 bits per heavy atom. The first-order chi connectivity index (χ1) is 9.44. The first-order valence-corrected chi connectivity index (χ1v) is 7.70. The van der Waals surface area contributed by atoms with Crippen molar-refractivity contribution in [1.82, 2.24) is 4.72 Å². The molecule has 108 valence electrons. The van der Waals surface area contributed by atoms with Gasteiger partial charge in [-0.1, -0.05) is 24.3 Å². The van der Waals surface area contributed by atoms with Crippen LogP contribution < -0.4 is 4.72 Å². The molecule has 1 unspecified atom stereocenters. The van der Waals surface area contributed by atoms with E-state index >= 15 is 0 Å². The van der Waals surface area contributed by atoms with Gasteiger partial charge in [0, 0.05) is 6.04 Å². The molecular weight excluding hydrogens is 278 g/mol. The fourth-order valence-corrected chi connectivity index (χ4v) is 3.19. The van der Waals surface area contributed by atoms with Crippen LogP contribution in [0, 0.1) is 6.92 Å². The van der Waals surface area contributed by atoms with Crippen LogP contribution in [0.3, 0.4) is 0 Å². The van der Waals surface area contributed by atoms with E-state index in [4.69, 9.17) is 9.52 Å². The van der Waals surface area contributed by atoms with Crippen LogP contribution in [0.15, 0.2) is 45.9 Å². The minimum absolute atomic E-state index is 0.193. The van der Waals surface area contributed by atoms with Gasteiger partial charge in [-0.25, -0.2) is 13.1 Å². The summed E-state index contributed by atoms with van der Waals surface area (Å²) in [6.07, 6.45) is 0. The van der Waals surface area contributed by atoms with E-state index in [1.54, 1.807) is 6.92 Å². The zero-order valence-corrected chi connectivity index (χ0v) is 12.1. The molecule has 0 aliphatic rings. The molecule has 1 aromatic heterocycles. The maximum Gasteiger partial charge on any atom is 0.274 e. The maximum atomic E-state index is 12.2. The second-order valence-electron chi connectivity index (χ2n) is 4.58. The van der Waals surface area contributed by atoms with E-state index < -0.39 is 10.0 Å². The van der Waals surface area contributed by atoms with Gasteiger partial charge in [0.05, 0.1) is 0 Å². The fourth-order valence-electron chi connectivity index (χ4n) is 2.01. The van der Waals surface area contributed by atoms with Gasteiger partial charge in [-0.3, -0.25) is 0 Å². The lowest BCUT2D eigenvalue weighted by molar-refractivity contribution is 0.236. The molecule has 2 aromatic rings. The molecule has 6 heteroatoms. The number of nitrogens with one attached hydrogen (secondary N) is 1. The Labute approximate surface area is 118 Å². The Balaban J connectivity index is 2.22. The Kier molecular flexibility index (Phi) is 4.27. The van der Waals surface area contributed by atoms with Gasteiger partial charge in [0.25, 0.3) is 10.0 Å². The zero-order valence-electron chi connectivity index (χ0n) is 11.3. The summed E-state index contributed by atoms with van der Waals surface area (Å²) in [6, 6.07) is 9.97. The number of aliphatic hydroxyl groups is 1. The highest BCUT2D eigenvalue weighted by Gasteiger charge is 2.22. The van der Waals surface area contributed by atoms with Crippen molar-refractivity contribution < 1.29 is 17.9 Å². The zero-order chi connectivity index (χ0) is 14.8. The van der Waals surface area contributed by atoms with E-state index in [9.17, 15) is 8.42 Å². The number of aliphatic hydroxyl groups excluding tert-OH is 1. The molecule has 0 spiro atoms. The van der Waals surface area contributed by atoms with Gasteiger partial charge in [-0.2, -0.15) is 0 Å². The van der Waals surface area contributed by atoms with Crippen LogP contribution in [0.1, 0.15) is 29.9 Å². The third kappa shape index (κ3) is 3.09. The Hall–Kier alpha value is -1.63. The SMILES string of the molecule is Cc1ccccc1C(C)NS(=O)(=O)c1ccc(CO)o1. The molecule has 5 nitrogen and oxygen atoms in total. The number of sulfonamides is 1. The smallest absolute Gasteiger partial charge is 0.274 e. The molecule has 0 saturated carbocycles. The average molecular weight is 295 g/mol. The summed E-state index contributed by atoms with van der Waals surface area (Å²) >= 11 is 0. The molecule has 20 heavy (non-hydrogen) atoms. The van der Waals surface area contributed by atoms with Crippen molar-refractivity contribution in [2.24, 2.45) is 0 Å². The van der Waals surface area contributed by atoms with Crippen molar-refractivity contribution >= 4 is 10.0 Å². The van der Waals surface area contributed by atoms with Crippen LogP contribution in [0.4, 0.5) is 0 Å². The van der Waals surface area contributed by atoms with Crippen LogP contribution in [-0.2, 0) is 16.6 Å². The van der Waals surface area contributed by atoms with Crippen LogP contribution in [0.2, 0.25) is 0 Å². The number of hydrogen-bond donors (Lipinski definition) is 2. The fraction of sp³-hybridized carbons (Fsp3) is 0.286. The van der Waals surface area contributed by atoms with E-state index in [0.29, 0.717) is 0 Å². The van der Waals surface area contributed by atoms with Crippen LogP contribution in [0.5, 0.6) is 0 Å². The van der Waals surface area contributed by atoms with Gasteiger partial charge in [0.1, 0.15) is 12.4 Å². The topological polar surface area (TPSA) is 79.5 Å². The molecule has 0 bridgehead atoms. The van der Waals surface area contributed by atoms with Crippen LogP contribution >= 0.6 is 0 Å². The van der Waals surface area contributed by atoms with Gasteiger partial charge in [-0.05, 0) is 37.1 Å². The van der Waals surface area contributed by atoms with Crippen molar-refractivity contribution in [2.45, 2.75) is 31.6 Å². The Morgan fingerprint density at radius 2 is 1.95 bits per heavy atom. The largest absolute Gasteiger partial charge is 0.446 e. The lowest BCUT2D eigenvalue weighted by Gasteiger charge is -2.15. The predicted molar refractivity (Wildman–Crippen MR) is 74.5 cm³/mol. The monoisotopic (exact) mass is 295 g/mol. The highest BCUT2D eigenvalue weighted by atomic mass is 32.2. The van der Waals surface area contributed by atoms with E-state index in [1.165, 1.54) is 12.1 Å². The minimum atomic E-state index is -3.74. The lowest BCUT2D eigenvalue weighted by Crippen LogP contribution is -2.27. The first kappa shape index (κ1) is 14.8. The molecule has 1 atom stereocenters. The van der Waals surface area contributed by atoms with Crippen molar-refractivity contribution in [2.75, 3.05) is 0 Å². The molecule has 0 aliphatic carbocycles. The van der Waals surface area contributed by atoms with Crippen LogP contribution in [-0.4, -0.2) is 13.5 Å². The van der Waals surface area contributed by atoms with Gasteiger partial charge >= 0.3 is 0 Å². The Morgan fingerprint density at radius 3 is 2.55 bits per heavy atom. The van der Waals surface area contributed by atoms with Crippen LogP contribution in [0.25, 0.3) is 0 Å². The van der Waals surface area contributed by atoms with Crippen molar-refractivity contribution in [3.8, 4) is 0 Å². The van der Waals surface area contributed by atoms with Crippen molar-refractivity contribution in [1.29, 1.82) is 0 Å². The quantitative estimate of drug-likeness (QED) is 0.885. The second kappa shape index (κ2) is 5.78. The van der Waals surface area contributed by atoms with Gasteiger partial charge in [0.2, 0.25) is 5.09 Å². The Bertz CT molecular complexity index is 691. The number of furan rings is 1. The molecule has 0 fully saturated rings. The molecule has 1 heterocycles. The minimum Gasteiger partial charge on any atom is -0.446 e. The third-order valence-corrected chi connectivity index (χ3v) is 4.46. The molecular formula is C14H17NO4S. The summed E-state index contributed by atoms with van der Waals surface area (Å²) in [6.45, 7) is 3.37. The van der Waals surface area contributed by atoms with Gasteiger partial charge in [0.15, 0.2) is 0 Å². The first-order valence-electron chi connectivity index (χ1n) is 6.21. The van der Waals surface area contributed by atoms with Gasteiger partial charge < -0.3 is 9.52 Å². The highest BCUT2D eigenvalue weighted by Crippen LogP contribution is 2.21. The number of hydrogen-bond acceptors (Lipinski definition) is 4. The molecule has 0 radical (unpaired) electrons. The van der Waals surface area contributed by atoms with Crippen molar-refractivity contribution in [3.05, 3.63) is 53.3 Å². The predicted octanol–water partition coefficient (Wildman–Crippen LogP) is 2.12. The number of benzene rings is 1. The summed E-state index contributed by atoms with van der Waals surface area (Å²) in [5.74, 6) is 0.217. The molecule has 2 N–H and O–H groups in total. The van der Waals surface area contributed by atoms with Gasteiger partial charge in [-0.15, -0.1) is 0 Å². The number of aryl methyl sites for hydroxylation is 1. The standard InChI is InChI=1S/C14H17NO4S/c1-10-5-3-4-6-13(10)11(2)15-20(17,18)14-8-7-12(9-16)19-14/h3-8,11,15-16H,9H2,1-2H3. The summed E-state index contributed by atoms with van der Waals surface area (Å²) < 4.78 is 32.0. The molecule has 0 saturated heterocycles. The van der Waals surface area contributed by atoms with E-state index in [0.717, 1.165) is 11.1 Å². The van der Waals surface area contributed by atoms with E-state index in [-0.39, 0.29) is 23.5 Å². The summed E-state index contributed by atoms with van der Waals surface area (Å²) in [5.41, 5.74) is 1.92. The third-order valence-electron chi connectivity index (χ3n) is 3.04. The van der Waals surface area contributed by atoms with E-state index in [2.05, 4.69) is 4.72 Å². The highest BCUT2D eigenvalue weighted by molar-refractivity contribution is 7.89. The molecule has 0 amide bonds. The summed E-state index contributed by atoms with van der Waals surface area (Å²) in [5, 5.41) is 8.71. The van der Waals surface area contributed by atoms with E-state index in [1.807, 2.05) is 31.2 Å². The molecule has 0 aliphatic heterocycles. The summed E-state index contributed by atoms with van der Waals surface area (Å²) in [7, 11) is -3.74. The van der Waals surface area contributed by atoms with Crippen molar-refractivity contribution in [3.63, 3.8) is 0 Å². The number of rotatable bonds is 5. The molecule has 1 aromatic carbocycles. The average Bonchev–Trinajstić information content (AvgIpc) is 2.88. The summed E-state index contributed by atoms with van der Waals surface area (Å²) in [4.78, 5) is 0. The maximum absolute atomic E-state index is 12.2. The lowest BCUT2D eigenvalue weighted by atomic mass is 10.0. The second-order valence-corrected chi connectivity index (χ2v) is 6.22. The molecule has 2 rings (SSSR count).